The summed E-state index contributed by atoms with van der Waals surface area (Å²) >= 11 is 0.830. The minimum absolute atomic E-state index is 0.0815. The molecule has 1 aliphatic heterocycles. The first-order valence-corrected chi connectivity index (χ1v) is 10.6. The van der Waals surface area contributed by atoms with Crippen molar-refractivity contribution in [3.63, 3.8) is 0 Å². The molecule has 0 aromatic carbocycles. The molecule has 1 aliphatic rings. The molecular weight excluding hydrogens is 435 g/mol. The summed E-state index contributed by atoms with van der Waals surface area (Å²) in [6, 6.07) is 2.73. The molecule has 1 unspecified atom stereocenters. The molecule has 3 heterocycles. The number of piperazine rings is 1. The lowest BCUT2D eigenvalue weighted by Gasteiger charge is -2.36. The number of aromatic carboxylic acids is 1. The summed E-state index contributed by atoms with van der Waals surface area (Å²) in [5.41, 5.74) is 0.800. The van der Waals surface area contributed by atoms with Gasteiger partial charge in [-0.1, -0.05) is 0 Å². The molecule has 1 fully saturated rings. The highest BCUT2D eigenvalue weighted by Gasteiger charge is 2.30. The van der Waals surface area contributed by atoms with E-state index in [0.29, 0.717) is 5.82 Å². The predicted octanol–water partition coefficient (Wildman–Crippen LogP) is 1.72. The van der Waals surface area contributed by atoms with Crippen molar-refractivity contribution in [2.75, 3.05) is 35.8 Å². The lowest BCUT2D eigenvalue weighted by Crippen LogP contribution is -2.51. The standard InChI is InChI=1S/C15H16F3N5O4S2/c16-12(17)13(18)23-5-3-22(4-6-23)10-2-1-9(7-19-10)29(26,27)21-14-11(15(24)25)20-8-28-14/h1-2,7-8,12-13,21H,3-6H2,(H,24,25). The third kappa shape index (κ3) is 4.76. The molecule has 1 saturated heterocycles. The largest absolute Gasteiger partial charge is 0.476 e. The number of carboxylic acids is 1. The number of alkyl halides is 3. The zero-order valence-corrected chi connectivity index (χ0v) is 16.3. The Morgan fingerprint density at radius 2 is 1.86 bits per heavy atom. The van der Waals surface area contributed by atoms with Crippen molar-refractivity contribution in [3.05, 3.63) is 29.5 Å². The maximum Gasteiger partial charge on any atom is 0.357 e. The van der Waals surface area contributed by atoms with Gasteiger partial charge in [-0.3, -0.25) is 9.62 Å². The Hall–Kier alpha value is -2.45. The van der Waals surface area contributed by atoms with Gasteiger partial charge in [-0.2, -0.15) is 0 Å². The van der Waals surface area contributed by atoms with Crippen LogP contribution in [0, 0.1) is 0 Å². The van der Waals surface area contributed by atoms with Gasteiger partial charge in [-0.15, -0.1) is 11.3 Å². The lowest BCUT2D eigenvalue weighted by atomic mass is 10.3. The van der Waals surface area contributed by atoms with E-state index in [1.165, 1.54) is 17.6 Å². The molecule has 9 nitrogen and oxygen atoms in total. The van der Waals surface area contributed by atoms with E-state index >= 15 is 0 Å². The van der Waals surface area contributed by atoms with Gasteiger partial charge in [-0.25, -0.2) is 36.4 Å². The van der Waals surface area contributed by atoms with Crippen molar-refractivity contribution < 1.29 is 31.5 Å². The molecule has 3 rings (SSSR count). The molecule has 0 aliphatic carbocycles. The highest BCUT2D eigenvalue weighted by Crippen LogP contribution is 2.25. The normalized spacial score (nSPS) is 16.8. The van der Waals surface area contributed by atoms with Gasteiger partial charge in [0, 0.05) is 32.4 Å². The van der Waals surface area contributed by atoms with Crippen molar-refractivity contribution in [1.29, 1.82) is 0 Å². The second-order valence-electron chi connectivity index (χ2n) is 6.02. The van der Waals surface area contributed by atoms with E-state index in [-0.39, 0.29) is 36.1 Å². The van der Waals surface area contributed by atoms with Gasteiger partial charge in [-0.05, 0) is 12.1 Å². The van der Waals surface area contributed by atoms with Crippen LogP contribution in [0.15, 0.2) is 28.7 Å². The van der Waals surface area contributed by atoms with Gasteiger partial charge < -0.3 is 10.0 Å². The van der Waals surface area contributed by atoms with Crippen molar-refractivity contribution in [2.45, 2.75) is 17.6 Å². The number of anilines is 2. The second kappa shape index (κ2) is 8.51. The van der Waals surface area contributed by atoms with Gasteiger partial charge >= 0.3 is 5.97 Å². The lowest BCUT2D eigenvalue weighted by molar-refractivity contribution is -0.0506. The molecule has 1 atom stereocenters. The van der Waals surface area contributed by atoms with E-state index < -0.39 is 34.4 Å². The van der Waals surface area contributed by atoms with Gasteiger partial charge in [0.2, 0.25) is 6.30 Å². The van der Waals surface area contributed by atoms with Crippen molar-refractivity contribution in [3.8, 4) is 0 Å². The first-order chi connectivity index (χ1) is 13.7. The number of nitrogens with zero attached hydrogens (tertiary/aromatic N) is 4. The molecule has 2 N–H and O–H groups in total. The number of halogens is 3. The SMILES string of the molecule is O=C(O)c1ncsc1NS(=O)(=O)c1ccc(N2CCN(C(F)C(F)F)CC2)nc1. The van der Waals surface area contributed by atoms with Crippen LogP contribution >= 0.6 is 11.3 Å². The molecule has 0 radical (unpaired) electrons. The van der Waals surface area contributed by atoms with Crippen LogP contribution in [-0.4, -0.2) is 73.3 Å². The number of rotatable bonds is 7. The molecule has 14 heteroatoms. The van der Waals surface area contributed by atoms with E-state index in [4.69, 9.17) is 5.11 Å². The van der Waals surface area contributed by atoms with Crippen LogP contribution in [0.5, 0.6) is 0 Å². The molecule has 0 spiro atoms. The Kier molecular flexibility index (Phi) is 6.24. The minimum atomic E-state index is -4.08. The first-order valence-electron chi connectivity index (χ1n) is 8.26. The summed E-state index contributed by atoms with van der Waals surface area (Å²) in [6.07, 6.45) is -4.29. The van der Waals surface area contributed by atoms with E-state index in [0.717, 1.165) is 22.4 Å². The number of hydrogen-bond donors (Lipinski definition) is 2. The van der Waals surface area contributed by atoms with E-state index in [1.807, 2.05) is 0 Å². The van der Waals surface area contributed by atoms with Gasteiger partial charge in [0.25, 0.3) is 16.4 Å². The number of carboxylic acid groups (broad SMARTS) is 1. The fourth-order valence-corrected chi connectivity index (χ4v) is 4.66. The zero-order chi connectivity index (χ0) is 21.2. The summed E-state index contributed by atoms with van der Waals surface area (Å²) in [7, 11) is -4.08. The Morgan fingerprint density at radius 3 is 2.41 bits per heavy atom. The zero-order valence-electron chi connectivity index (χ0n) is 14.7. The molecule has 2 aromatic rings. The summed E-state index contributed by atoms with van der Waals surface area (Å²) in [4.78, 5) is 21.3. The van der Waals surface area contributed by atoms with Crippen molar-refractivity contribution >= 4 is 38.1 Å². The number of sulfonamides is 1. The van der Waals surface area contributed by atoms with Gasteiger partial charge in [0.15, 0.2) is 5.69 Å². The van der Waals surface area contributed by atoms with Crippen LogP contribution < -0.4 is 9.62 Å². The number of aromatic nitrogens is 2. The fraction of sp³-hybridized carbons (Fsp3) is 0.400. The third-order valence-electron chi connectivity index (χ3n) is 4.22. The van der Waals surface area contributed by atoms with Crippen LogP contribution in [0.3, 0.4) is 0 Å². The van der Waals surface area contributed by atoms with Crippen molar-refractivity contribution in [1.82, 2.24) is 14.9 Å². The smallest absolute Gasteiger partial charge is 0.357 e. The summed E-state index contributed by atoms with van der Waals surface area (Å²) in [6.45, 7) is 0.677. The Bertz CT molecular complexity index is 963. The average molecular weight is 451 g/mol. The van der Waals surface area contributed by atoms with Crippen LogP contribution in [0.2, 0.25) is 0 Å². The highest BCUT2D eigenvalue weighted by molar-refractivity contribution is 7.93. The molecule has 158 valence electrons. The maximum atomic E-state index is 13.4. The number of thiazole rings is 1. The number of carbonyl (C=O) groups is 1. The Labute approximate surface area is 167 Å². The Morgan fingerprint density at radius 1 is 1.17 bits per heavy atom. The van der Waals surface area contributed by atoms with Crippen molar-refractivity contribution in [2.24, 2.45) is 0 Å². The van der Waals surface area contributed by atoms with E-state index in [2.05, 4.69) is 14.7 Å². The monoisotopic (exact) mass is 451 g/mol. The number of nitrogens with one attached hydrogen (secondary N) is 1. The quantitative estimate of drug-likeness (QED) is 0.612. The summed E-state index contributed by atoms with van der Waals surface area (Å²) in [5, 5.41) is 8.88. The third-order valence-corrected chi connectivity index (χ3v) is 6.43. The fourth-order valence-electron chi connectivity index (χ4n) is 2.73. The van der Waals surface area contributed by atoms with E-state index in [1.54, 1.807) is 4.90 Å². The number of pyridine rings is 1. The minimum Gasteiger partial charge on any atom is -0.476 e. The van der Waals surface area contributed by atoms with Crippen LogP contribution in [-0.2, 0) is 10.0 Å². The van der Waals surface area contributed by atoms with E-state index in [9.17, 15) is 26.4 Å². The summed E-state index contributed by atoms with van der Waals surface area (Å²) < 4.78 is 65.3. The average Bonchev–Trinajstić information content (AvgIpc) is 3.15. The van der Waals surface area contributed by atoms with Crippen LogP contribution in [0.1, 0.15) is 10.5 Å². The maximum absolute atomic E-state index is 13.4. The second-order valence-corrected chi connectivity index (χ2v) is 8.56. The molecule has 29 heavy (non-hydrogen) atoms. The van der Waals surface area contributed by atoms with Crippen LogP contribution in [0.25, 0.3) is 0 Å². The van der Waals surface area contributed by atoms with Crippen LogP contribution in [0.4, 0.5) is 24.0 Å². The van der Waals surface area contributed by atoms with Gasteiger partial charge in [0.05, 0.1) is 5.51 Å². The molecule has 2 aromatic heterocycles. The highest BCUT2D eigenvalue weighted by atomic mass is 32.2. The van der Waals surface area contributed by atoms with Gasteiger partial charge in [0.1, 0.15) is 15.7 Å². The predicted molar refractivity (Wildman–Crippen MR) is 98.8 cm³/mol. The molecule has 0 saturated carbocycles. The Balaban J connectivity index is 1.67. The molecule has 0 amide bonds. The topological polar surface area (TPSA) is 116 Å². The first kappa shape index (κ1) is 21.3. The molecule has 0 bridgehead atoms. The summed E-state index contributed by atoms with van der Waals surface area (Å²) in [5.74, 6) is -0.945. The number of hydrogen-bond acceptors (Lipinski definition) is 8. The molecular formula is C15H16F3N5O4S2.